The predicted molar refractivity (Wildman–Crippen MR) is 121 cm³/mol. The molecule has 3 aromatic rings. The summed E-state index contributed by atoms with van der Waals surface area (Å²) in [5.74, 6) is -1.34. The van der Waals surface area contributed by atoms with E-state index in [-0.39, 0.29) is 24.5 Å². The number of carbonyl (C=O) groups excluding carboxylic acids is 1. The van der Waals surface area contributed by atoms with Crippen LogP contribution in [-0.4, -0.2) is 42.2 Å². The molecule has 12 heteroatoms. The first kappa shape index (κ1) is 24.6. The van der Waals surface area contributed by atoms with Crippen molar-refractivity contribution in [1.82, 2.24) is 29.6 Å². The molecular weight excluding hydrogens is 479 g/mol. The molecule has 1 fully saturated rings. The van der Waals surface area contributed by atoms with Gasteiger partial charge in [0.2, 0.25) is 11.7 Å². The predicted octanol–water partition coefficient (Wildman–Crippen LogP) is 4.00. The van der Waals surface area contributed by atoms with E-state index in [0.29, 0.717) is 23.4 Å². The second-order valence-corrected chi connectivity index (χ2v) is 9.02. The van der Waals surface area contributed by atoms with E-state index in [9.17, 15) is 18.0 Å². The Kier molecular flexibility index (Phi) is 7.28. The number of carbonyl (C=O) groups is 1. The molecule has 4 heterocycles. The molecule has 2 atom stereocenters. The van der Waals surface area contributed by atoms with E-state index in [1.54, 1.807) is 30.5 Å². The van der Waals surface area contributed by atoms with Crippen LogP contribution in [0.4, 0.5) is 13.2 Å². The molecule has 1 saturated heterocycles. The molecule has 0 radical (unpaired) electrons. The summed E-state index contributed by atoms with van der Waals surface area (Å²) >= 11 is 1.44. The lowest BCUT2D eigenvalue weighted by Gasteiger charge is -2.26. The van der Waals surface area contributed by atoms with Crippen molar-refractivity contribution in [1.29, 1.82) is 5.26 Å². The minimum absolute atomic E-state index is 0.125. The topological polar surface area (TPSA) is 108 Å². The molecular formula is C23H20F3N7OS. The van der Waals surface area contributed by atoms with Gasteiger partial charge in [-0.15, -0.1) is 0 Å². The molecule has 3 aromatic heterocycles. The standard InChI is InChI=1S/C23H20F3N7OS/c1-14-2-5-20(33(14)35-18-4-3-17(9-27)29-13-18)21(34)30-10-15-6-7-28-19(8-15)16-11-31-22(32-12-16)23(24,25)26/h3-4,6-8,11-14,20H,2,5,10H2,1H3,(H,30,34)/t14-,20-/m0/s1. The number of nitrogens with zero attached hydrogens (tertiary/aromatic N) is 6. The number of hydrogen-bond donors (Lipinski definition) is 1. The quantitative estimate of drug-likeness (QED) is 0.507. The molecule has 1 aliphatic heterocycles. The third-order valence-corrected chi connectivity index (χ3v) is 6.73. The van der Waals surface area contributed by atoms with Crippen LogP contribution in [0.15, 0.2) is 53.9 Å². The number of amides is 1. The summed E-state index contributed by atoms with van der Waals surface area (Å²) in [6.45, 7) is 2.29. The van der Waals surface area contributed by atoms with Gasteiger partial charge in [0.25, 0.3) is 0 Å². The van der Waals surface area contributed by atoms with Gasteiger partial charge in [0.05, 0.1) is 11.7 Å². The van der Waals surface area contributed by atoms with Gasteiger partial charge in [-0.25, -0.2) is 19.3 Å². The molecule has 0 saturated carbocycles. The summed E-state index contributed by atoms with van der Waals surface area (Å²) < 4.78 is 40.1. The second kappa shape index (κ2) is 10.4. The van der Waals surface area contributed by atoms with Gasteiger partial charge in [-0.2, -0.15) is 18.4 Å². The average Bonchev–Trinajstić information content (AvgIpc) is 3.22. The molecule has 0 unspecified atom stereocenters. The van der Waals surface area contributed by atoms with Crippen molar-refractivity contribution in [3.8, 4) is 17.3 Å². The van der Waals surface area contributed by atoms with Crippen LogP contribution in [0.2, 0.25) is 0 Å². The first-order valence-electron chi connectivity index (χ1n) is 10.7. The maximum atomic E-state index is 13.0. The first-order valence-corrected chi connectivity index (χ1v) is 11.5. The van der Waals surface area contributed by atoms with Crippen molar-refractivity contribution in [3.63, 3.8) is 0 Å². The van der Waals surface area contributed by atoms with Gasteiger partial charge in [-0.05, 0) is 61.5 Å². The van der Waals surface area contributed by atoms with E-state index >= 15 is 0 Å². The van der Waals surface area contributed by atoms with E-state index in [1.807, 2.05) is 10.4 Å². The minimum atomic E-state index is -4.61. The molecule has 35 heavy (non-hydrogen) atoms. The molecule has 0 aliphatic carbocycles. The third-order valence-electron chi connectivity index (χ3n) is 5.46. The number of rotatable bonds is 6. The summed E-state index contributed by atoms with van der Waals surface area (Å²) in [5.41, 5.74) is 1.82. The normalized spacial score (nSPS) is 18.3. The van der Waals surface area contributed by atoms with E-state index < -0.39 is 12.0 Å². The Balaban J connectivity index is 1.40. The Morgan fingerprint density at radius 1 is 1.17 bits per heavy atom. The fourth-order valence-corrected chi connectivity index (χ4v) is 4.72. The van der Waals surface area contributed by atoms with Gasteiger partial charge in [0.1, 0.15) is 11.8 Å². The summed E-state index contributed by atoms with van der Waals surface area (Å²) in [6, 6.07) is 8.67. The summed E-state index contributed by atoms with van der Waals surface area (Å²) in [7, 11) is 0. The molecule has 0 aromatic carbocycles. The molecule has 8 nitrogen and oxygen atoms in total. The molecule has 1 aliphatic rings. The van der Waals surface area contributed by atoms with Crippen molar-refractivity contribution in [2.24, 2.45) is 0 Å². The molecule has 0 spiro atoms. The summed E-state index contributed by atoms with van der Waals surface area (Å²) in [4.78, 5) is 28.8. The van der Waals surface area contributed by atoms with Gasteiger partial charge in [-0.1, -0.05) is 0 Å². The number of aromatic nitrogens is 4. The second-order valence-electron chi connectivity index (χ2n) is 7.94. The molecule has 1 N–H and O–H groups in total. The summed E-state index contributed by atoms with van der Waals surface area (Å²) in [6.07, 6.45) is 2.24. The van der Waals surface area contributed by atoms with E-state index in [1.165, 1.54) is 18.1 Å². The van der Waals surface area contributed by atoms with Crippen LogP contribution in [0.5, 0.6) is 0 Å². The van der Waals surface area contributed by atoms with Gasteiger partial charge < -0.3 is 5.32 Å². The lowest BCUT2D eigenvalue weighted by Crippen LogP contribution is -2.41. The van der Waals surface area contributed by atoms with Crippen molar-refractivity contribution >= 4 is 17.9 Å². The molecule has 0 bridgehead atoms. The fourth-order valence-electron chi connectivity index (χ4n) is 3.64. The number of hydrogen-bond acceptors (Lipinski definition) is 8. The zero-order valence-corrected chi connectivity index (χ0v) is 19.3. The highest BCUT2D eigenvalue weighted by atomic mass is 32.2. The lowest BCUT2D eigenvalue weighted by molar-refractivity contribution is -0.145. The Morgan fingerprint density at radius 3 is 2.60 bits per heavy atom. The smallest absolute Gasteiger partial charge is 0.351 e. The Bertz CT molecular complexity index is 1230. The highest BCUT2D eigenvalue weighted by Gasteiger charge is 2.36. The van der Waals surface area contributed by atoms with Crippen LogP contribution < -0.4 is 5.32 Å². The highest BCUT2D eigenvalue weighted by Crippen LogP contribution is 2.35. The largest absolute Gasteiger partial charge is 0.451 e. The van der Waals surface area contributed by atoms with Crippen molar-refractivity contribution < 1.29 is 18.0 Å². The number of halogens is 3. The van der Waals surface area contributed by atoms with Crippen LogP contribution in [0.25, 0.3) is 11.3 Å². The monoisotopic (exact) mass is 499 g/mol. The van der Waals surface area contributed by atoms with E-state index in [2.05, 4.69) is 32.2 Å². The Hall–Kier alpha value is -3.56. The van der Waals surface area contributed by atoms with E-state index in [4.69, 9.17) is 5.26 Å². The zero-order valence-electron chi connectivity index (χ0n) is 18.5. The number of nitriles is 1. The van der Waals surface area contributed by atoms with Crippen LogP contribution in [-0.2, 0) is 17.5 Å². The van der Waals surface area contributed by atoms with Gasteiger partial charge in [0, 0.05) is 47.8 Å². The maximum absolute atomic E-state index is 13.0. The van der Waals surface area contributed by atoms with Gasteiger partial charge in [-0.3, -0.25) is 9.78 Å². The van der Waals surface area contributed by atoms with Crippen molar-refractivity contribution in [3.05, 3.63) is 66.1 Å². The van der Waals surface area contributed by atoms with Crippen LogP contribution >= 0.6 is 11.9 Å². The first-order chi connectivity index (χ1) is 16.7. The van der Waals surface area contributed by atoms with Crippen LogP contribution in [0.1, 0.15) is 36.8 Å². The lowest BCUT2D eigenvalue weighted by atomic mass is 10.1. The highest BCUT2D eigenvalue weighted by molar-refractivity contribution is 7.97. The van der Waals surface area contributed by atoms with Crippen molar-refractivity contribution in [2.75, 3.05) is 0 Å². The van der Waals surface area contributed by atoms with Gasteiger partial charge >= 0.3 is 6.18 Å². The van der Waals surface area contributed by atoms with Crippen LogP contribution in [0, 0.1) is 11.3 Å². The van der Waals surface area contributed by atoms with Crippen LogP contribution in [0.3, 0.4) is 0 Å². The third kappa shape index (κ3) is 5.93. The molecule has 1 amide bonds. The number of alkyl halides is 3. The van der Waals surface area contributed by atoms with E-state index in [0.717, 1.165) is 29.3 Å². The average molecular weight is 500 g/mol. The molecule has 180 valence electrons. The molecule has 4 rings (SSSR count). The maximum Gasteiger partial charge on any atom is 0.451 e. The Morgan fingerprint density at radius 2 is 1.94 bits per heavy atom. The zero-order chi connectivity index (χ0) is 25.0. The minimum Gasteiger partial charge on any atom is -0.351 e. The number of nitrogens with one attached hydrogen (secondary N) is 1. The number of pyridine rings is 2. The summed E-state index contributed by atoms with van der Waals surface area (Å²) in [5, 5.41) is 11.9. The van der Waals surface area contributed by atoms with Gasteiger partial charge in [0.15, 0.2) is 0 Å². The SMILES string of the molecule is C[C@H]1CC[C@@H](C(=O)NCc2ccnc(-c3cnc(C(F)(F)F)nc3)c2)N1Sc1ccc(C#N)nc1. The fraction of sp³-hybridized carbons (Fsp3) is 0.304. The van der Waals surface area contributed by atoms with Crippen molar-refractivity contribution in [2.45, 2.75) is 49.5 Å². The Labute approximate surface area is 203 Å².